The van der Waals surface area contributed by atoms with Gasteiger partial charge in [0.25, 0.3) is 5.92 Å². The second-order valence-electron chi connectivity index (χ2n) is 5.61. The number of pyridine rings is 1. The molecule has 2 rings (SSSR count). The maximum atomic E-state index is 13.9. The van der Waals surface area contributed by atoms with E-state index in [-0.39, 0.29) is 24.9 Å². The normalized spacial score (nSPS) is 18.3. The number of rotatable bonds is 2. The second-order valence-corrected chi connectivity index (χ2v) is 5.61. The van der Waals surface area contributed by atoms with Crippen LogP contribution in [-0.2, 0) is 6.42 Å². The molecule has 0 spiro atoms. The summed E-state index contributed by atoms with van der Waals surface area (Å²) in [6.45, 7) is 7.68. The highest BCUT2D eigenvalue weighted by atomic mass is 19.3. The Kier molecular flexibility index (Phi) is 3.30. The predicted octanol–water partition coefficient (Wildman–Crippen LogP) is 3.61. The summed E-state index contributed by atoms with van der Waals surface area (Å²) < 4.78 is 27.7. The first-order valence-corrected chi connectivity index (χ1v) is 6.44. The Balaban J connectivity index is 2.55. The second kappa shape index (κ2) is 4.48. The molecule has 1 aliphatic rings. The Labute approximate surface area is 107 Å². The van der Waals surface area contributed by atoms with Gasteiger partial charge in [0, 0.05) is 24.2 Å². The molecule has 0 bridgehead atoms. The van der Waals surface area contributed by atoms with E-state index in [0.29, 0.717) is 0 Å². The first-order chi connectivity index (χ1) is 8.32. The molecule has 0 N–H and O–H groups in total. The molecular formula is C14H20F2N2. The number of hydrogen-bond donors (Lipinski definition) is 0. The maximum absolute atomic E-state index is 13.9. The summed E-state index contributed by atoms with van der Waals surface area (Å²) in [5, 5.41) is 0. The van der Waals surface area contributed by atoms with E-state index in [0.717, 1.165) is 16.9 Å². The molecule has 0 fully saturated rings. The number of anilines is 1. The third-order valence-electron chi connectivity index (χ3n) is 3.42. The smallest absolute Gasteiger partial charge is 0.269 e. The Morgan fingerprint density at radius 3 is 2.50 bits per heavy atom. The third-order valence-corrected chi connectivity index (χ3v) is 3.42. The highest BCUT2D eigenvalue weighted by Crippen LogP contribution is 2.38. The molecule has 18 heavy (non-hydrogen) atoms. The van der Waals surface area contributed by atoms with Crippen molar-refractivity contribution in [1.29, 1.82) is 0 Å². The van der Waals surface area contributed by atoms with Crippen molar-refractivity contribution in [3.05, 3.63) is 23.4 Å². The van der Waals surface area contributed by atoms with E-state index in [9.17, 15) is 8.78 Å². The van der Waals surface area contributed by atoms with Gasteiger partial charge in [-0.2, -0.15) is 0 Å². The highest BCUT2D eigenvalue weighted by molar-refractivity contribution is 5.55. The quantitative estimate of drug-likeness (QED) is 0.801. The molecule has 0 amide bonds. The minimum Gasteiger partial charge on any atom is -0.348 e. The van der Waals surface area contributed by atoms with Crippen molar-refractivity contribution >= 4 is 5.82 Å². The molecule has 0 unspecified atom stereocenters. The van der Waals surface area contributed by atoms with E-state index in [4.69, 9.17) is 0 Å². The Morgan fingerprint density at radius 1 is 1.28 bits per heavy atom. The molecule has 1 aromatic rings. The summed E-state index contributed by atoms with van der Waals surface area (Å²) in [5.74, 6) is -1.68. The van der Waals surface area contributed by atoms with Crippen LogP contribution in [0.5, 0.6) is 0 Å². The van der Waals surface area contributed by atoms with E-state index in [1.54, 1.807) is 11.1 Å². The van der Waals surface area contributed by atoms with Crippen LogP contribution < -0.4 is 4.90 Å². The van der Waals surface area contributed by atoms with Gasteiger partial charge < -0.3 is 4.90 Å². The zero-order valence-electron chi connectivity index (χ0n) is 11.4. The summed E-state index contributed by atoms with van der Waals surface area (Å²) in [6, 6.07) is 1.90. The fourth-order valence-electron chi connectivity index (χ4n) is 2.53. The van der Waals surface area contributed by atoms with Gasteiger partial charge in [0.15, 0.2) is 0 Å². The van der Waals surface area contributed by atoms with Crippen LogP contribution in [0.25, 0.3) is 0 Å². The lowest BCUT2D eigenvalue weighted by atomic mass is 9.91. The van der Waals surface area contributed by atoms with Crippen LogP contribution in [0, 0.1) is 0 Å². The van der Waals surface area contributed by atoms with E-state index in [2.05, 4.69) is 4.98 Å². The fraction of sp³-hybridized carbons (Fsp3) is 0.643. The van der Waals surface area contributed by atoms with Crippen molar-refractivity contribution in [2.75, 3.05) is 11.4 Å². The first kappa shape index (κ1) is 13.2. The summed E-state index contributed by atoms with van der Waals surface area (Å²) >= 11 is 0. The SMILES string of the molecule is CC(C)c1ccnc2c1CC(F)(F)CN2C(C)C. The third kappa shape index (κ3) is 2.33. The lowest BCUT2D eigenvalue weighted by Gasteiger charge is -2.38. The van der Waals surface area contributed by atoms with Crippen LogP contribution in [0.3, 0.4) is 0 Å². The molecule has 1 aromatic heterocycles. The molecule has 0 saturated carbocycles. The molecule has 0 saturated heterocycles. The monoisotopic (exact) mass is 254 g/mol. The fourth-order valence-corrected chi connectivity index (χ4v) is 2.53. The van der Waals surface area contributed by atoms with E-state index in [1.807, 2.05) is 33.8 Å². The van der Waals surface area contributed by atoms with Gasteiger partial charge in [-0.3, -0.25) is 0 Å². The summed E-state index contributed by atoms with van der Waals surface area (Å²) in [7, 11) is 0. The summed E-state index contributed by atoms with van der Waals surface area (Å²) in [5.41, 5.74) is 1.71. The molecule has 100 valence electrons. The van der Waals surface area contributed by atoms with Crippen LogP contribution in [0.1, 0.15) is 44.7 Å². The molecule has 0 aromatic carbocycles. The molecule has 1 aliphatic heterocycles. The minimum absolute atomic E-state index is 0.0323. The van der Waals surface area contributed by atoms with Crippen LogP contribution in [0.15, 0.2) is 12.3 Å². The number of hydrogen-bond acceptors (Lipinski definition) is 2. The van der Waals surface area contributed by atoms with Crippen LogP contribution >= 0.6 is 0 Å². The van der Waals surface area contributed by atoms with Gasteiger partial charge in [-0.1, -0.05) is 13.8 Å². The van der Waals surface area contributed by atoms with Crippen LogP contribution in [0.2, 0.25) is 0 Å². The van der Waals surface area contributed by atoms with Gasteiger partial charge >= 0.3 is 0 Å². The topological polar surface area (TPSA) is 16.1 Å². The lowest BCUT2D eigenvalue weighted by molar-refractivity contribution is 0.00328. The van der Waals surface area contributed by atoms with Crippen molar-refractivity contribution < 1.29 is 8.78 Å². The number of fused-ring (bicyclic) bond motifs is 1. The predicted molar refractivity (Wildman–Crippen MR) is 69.5 cm³/mol. The molecular weight excluding hydrogens is 234 g/mol. The molecule has 2 heterocycles. The molecule has 0 aliphatic carbocycles. The van der Waals surface area contributed by atoms with Crippen molar-refractivity contribution in [3.63, 3.8) is 0 Å². The summed E-state index contributed by atoms with van der Waals surface area (Å²) in [4.78, 5) is 6.04. The first-order valence-electron chi connectivity index (χ1n) is 6.44. The molecule has 2 nitrogen and oxygen atoms in total. The van der Waals surface area contributed by atoms with E-state index in [1.165, 1.54) is 0 Å². The van der Waals surface area contributed by atoms with E-state index < -0.39 is 5.92 Å². The highest BCUT2D eigenvalue weighted by Gasteiger charge is 2.40. The molecule has 0 atom stereocenters. The van der Waals surface area contributed by atoms with Gasteiger partial charge in [0.2, 0.25) is 0 Å². The van der Waals surface area contributed by atoms with Crippen molar-refractivity contribution in [3.8, 4) is 0 Å². The minimum atomic E-state index is -2.66. The Morgan fingerprint density at radius 2 is 1.94 bits per heavy atom. The standard InChI is InChI=1S/C14H20F2N2/c1-9(2)11-5-6-17-13-12(11)7-14(15,16)8-18(13)10(3)4/h5-6,9-10H,7-8H2,1-4H3. The Hall–Kier alpha value is -1.19. The van der Waals surface area contributed by atoms with Crippen molar-refractivity contribution in [2.24, 2.45) is 0 Å². The Bertz CT molecular complexity index is 441. The van der Waals surface area contributed by atoms with Gasteiger partial charge in [-0.15, -0.1) is 0 Å². The van der Waals surface area contributed by atoms with Gasteiger partial charge in [-0.05, 0) is 31.4 Å². The molecule has 4 heteroatoms. The number of nitrogens with zero attached hydrogens (tertiary/aromatic N) is 2. The zero-order valence-corrected chi connectivity index (χ0v) is 11.4. The van der Waals surface area contributed by atoms with E-state index >= 15 is 0 Å². The van der Waals surface area contributed by atoms with Gasteiger partial charge in [0.05, 0.1) is 6.54 Å². The van der Waals surface area contributed by atoms with Crippen LogP contribution in [-0.4, -0.2) is 23.5 Å². The number of aromatic nitrogens is 1. The lowest BCUT2D eigenvalue weighted by Crippen LogP contribution is -2.47. The zero-order chi connectivity index (χ0) is 13.5. The van der Waals surface area contributed by atoms with Gasteiger partial charge in [0.1, 0.15) is 5.82 Å². The number of alkyl halides is 2. The van der Waals surface area contributed by atoms with Crippen molar-refractivity contribution in [1.82, 2.24) is 4.98 Å². The number of halogens is 2. The average molecular weight is 254 g/mol. The maximum Gasteiger partial charge on any atom is 0.269 e. The van der Waals surface area contributed by atoms with Crippen molar-refractivity contribution in [2.45, 2.75) is 52.0 Å². The van der Waals surface area contributed by atoms with Crippen LogP contribution in [0.4, 0.5) is 14.6 Å². The van der Waals surface area contributed by atoms with Gasteiger partial charge in [-0.25, -0.2) is 13.8 Å². The summed E-state index contributed by atoms with van der Waals surface area (Å²) in [6.07, 6.45) is 1.54. The molecule has 0 radical (unpaired) electrons. The average Bonchev–Trinajstić information content (AvgIpc) is 2.25. The largest absolute Gasteiger partial charge is 0.348 e.